The Hall–Kier alpha value is -2.97. The summed E-state index contributed by atoms with van der Waals surface area (Å²) in [6, 6.07) is 16.1. The Morgan fingerprint density at radius 3 is 2.65 bits per heavy atom. The molecule has 23 heavy (non-hydrogen) atoms. The van der Waals surface area contributed by atoms with Crippen LogP contribution < -0.4 is 4.74 Å². The van der Waals surface area contributed by atoms with Gasteiger partial charge in [0.1, 0.15) is 24.0 Å². The first-order valence-corrected chi connectivity index (χ1v) is 7.21. The molecule has 114 valence electrons. The zero-order valence-electron chi connectivity index (χ0n) is 12.0. The molecule has 2 aromatic carbocycles. The maximum absolute atomic E-state index is 10.1. The fourth-order valence-corrected chi connectivity index (χ4v) is 2.21. The van der Waals surface area contributed by atoms with Crippen molar-refractivity contribution in [2.75, 3.05) is 6.61 Å². The summed E-state index contributed by atoms with van der Waals surface area (Å²) in [5.74, 6) is 0.662. The number of rotatable bonds is 4. The minimum atomic E-state index is -0.193. The van der Waals surface area contributed by atoms with Crippen LogP contribution in [0.5, 0.6) is 5.75 Å². The van der Waals surface area contributed by atoms with E-state index in [0.29, 0.717) is 16.6 Å². The van der Waals surface area contributed by atoms with Crippen molar-refractivity contribution < 1.29 is 9.84 Å². The van der Waals surface area contributed by atoms with Gasteiger partial charge < -0.3 is 14.8 Å². The number of nitriles is 1. The van der Waals surface area contributed by atoms with E-state index in [2.05, 4.69) is 9.97 Å². The first-order valence-electron chi connectivity index (χ1n) is 6.83. The highest BCUT2D eigenvalue weighted by Crippen LogP contribution is 2.20. The van der Waals surface area contributed by atoms with Crippen LogP contribution in [-0.2, 0) is 0 Å². The molecule has 0 aliphatic carbocycles. The fourth-order valence-electron chi connectivity index (χ4n) is 2.08. The number of nitrogens with zero attached hydrogens (tertiary/aromatic N) is 2. The minimum Gasteiger partial charge on any atom is -0.507 e. The number of halogens is 1. The molecule has 1 aromatic heterocycles. The quantitative estimate of drug-likeness (QED) is 0.559. The lowest BCUT2D eigenvalue weighted by molar-refractivity contribution is 0.272. The van der Waals surface area contributed by atoms with Crippen molar-refractivity contribution >= 4 is 28.2 Å². The van der Waals surface area contributed by atoms with Crippen molar-refractivity contribution in [1.29, 1.82) is 5.26 Å². The monoisotopic (exact) mass is 325 g/mol. The molecule has 1 heterocycles. The Bertz CT molecular complexity index is 874. The topological polar surface area (TPSA) is 81.9 Å². The molecule has 0 amide bonds. The number of allylic oxidation sites excluding steroid dienone is 1. The van der Waals surface area contributed by atoms with Gasteiger partial charge in [0.05, 0.1) is 11.0 Å². The number of benzene rings is 2. The third-order valence-corrected chi connectivity index (χ3v) is 3.47. The molecule has 0 bridgehead atoms. The second kappa shape index (κ2) is 6.42. The van der Waals surface area contributed by atoms with Crippen LogP contribution in [0, 0.1) is 11.3 Å². The molecule has 2 N–H and O–H groups in total. The third kappa shape index (κ3) is 3.28. The number of para-hydroxylation sites is 2. The van der Waals surface area contributed by atoms with Crippen molar-refractivity contribution in [3.8, 4) is 11.8 Å². The molecule has 3 rings (SSSR count). The molecular weight excluding hydrogens is 314 g/mol. The number of imidazole rings is 1. The van der Waals surface area contributed by atoms with Crippen LogP contribution >= 0.6 is 11.6 Å². The molecular formula is C17H12ClN3O2. The van der Waals surface area contributed by atoms with Crippen LogP contribution in [0.1, 0.15) is 5.82 Å². The Morgan fingerprint density at radius 1 is 1.22 bits per heavy atom. The lowest BCUT2D eigenvalue weighted by Crippen LogP contribution is -2.04. The van der Waals surface area contributed by atoms with Gasteiger partial charge in [0.25, 0.3) is 0 Å². The molecule has 0 fully saturated rings. The molecule has 3 aromatic rings. The van der Waals surface area contributed by atoms with Crippen molar-refractivity contribution in [3.63, 3.8) is 0 Å². The maximum atomic E-state index is 10.1. The number of hydrogen-bond acceptors (Lipinski definition) is 4. The first kappa shape index (κ1) is 14.9. The van der Waals surface area contributed by atoms with E-state index < -0.39 is 0 Å². The van der Waals surface area contributed by atoms with Crippen LogP contribution in [0.3, 0.4) is 0 Å². The normalized spacial score (nSPS) is 11.8. The zero-order chi connectivity index (χ0) is 16.2. The van der Waals surface area contributed by atoms with E-state index in [9.17, 15) is 10.4 Å². The molecule has 6 heteroatoms. The van der Waals surface area contributed by atoms with Gasteiger partial charge >= 0.3 is 0 Å². The van der Waals surface area contributed by atoms with Gasteiger partial charge in [0.15, 0.2) is 11.6 Å². The number of hydrogen-bond donors (Lipinski definition) is 2. The van der Waals surface area contributed by atoms with Gasteiger partial charge in [-0.25, -0.2) is 4.98 Å². The third-order valence-electron chi connectivity index (χ3n) is 3.22. The molecule has 0 aliphatic rings. The number of nitrogens with one attached hydrogen (secondary N) is 1. The number of fused-ring (bicyclic) bond motifs is 1. The van der Waals surface area contributed by atoms with Crippen LogP contribution in [0.2, 0.25) is 5.02 Å². The fraction of sp³-hybridized carbons (Fsp3) is 0.0588. The van der Waals surface area contributed by atoms with Gasteiger partial charge in [-0.3, -0.25) is 0 Å². The maximum Gasteiger partial charge on any atom is 0.152 e. The summed E-state index contributed by atoms with van der Waals surface area (Å²) < 4.78 is 5.44. The Balaban J connectivity index is 1.84. The van der Waals surface area contributed by atoms with Crippen LogP contribution in [0.15, 0.2) is 54.3 Å². The number of ether oxygens (including phenoxy) is 1. The summed E-state index contributed by atoms with van der Waals surface area (Å²) >= 11 is 5.80. The summed E-state index contributed by atoms with van der Waals surface area (Å²) in [5, 5.41) is 20.1. The molecule has 0 unspecified atom stereocenters. The van der Waals surface area contributed by atoms with Crippen molar-refractivity contribution in [3.05, 3.63) is 65.1 Å². The average Bonchev–Trinajstić information content (AvgIpc) is 2.98. The van der Waals surface area contributed by atoms with Gasteiger partial charge in [-0.2, -0.15) is 5.26 Å². The number of H-pyrrole nitrogens is 1. The Morgan fingerprint density at radius 2 is 1.96 bits per heavy atom. The van der Waals surface area contributed by atoms with Crippen molar-refractivity contribution in [2.24, 2.45) is 0 Å². The van der Waals surface area contributed by atoms with Gasteiger partial charge in [0, 0.05) is 5.02 Å². The second-order valence-corrected chi connectivity index (χ2v) is 5.22. The van der Waals surface area contributed by atoms with E-state index in [1.165, 1.54) is 0 Å². The van der Waals surface area contributed by atoms with Crippen molar-refractivity contribution in [1.82, 2.24) is 9.97 Å². The first-order chi connectivity index (χ1) is 11.2. The SMILES string of the molecule is N#C/C(=C(\O)COc1ccc(Cl)cc1)c1nc2ccccc2[nH]1. The van der Waals surface area contributed by atoms with Gasteiger partial charge in [-0.1, -0.05) is 23.7 Å². The van der Waals surface area contributed by atoms with E-state index in [1.54, 1.807) is 24.3 Å². The van der Waals surface area contributed by atoms with Gasteiger partial charge in [0.2, 0.25) is 0 Å². The molecule has 5 nitrogen and oxygen atoms in total. The second-order valence-electron chi connectivity index (χ2n) is 4.78. The number of aromatic amines is 1. The molecule has 0 radical (unpaired) electrons. The molecule has 0 aliphatic heterocycles. The van der Waals surface area contributed by atoms with E-state index in [1.807, 2.05) is 30.3 Å². The lowest BCUT2D eigenvalue weighted by Gasteiger charge is -2.06. The van der Waals surface area contributed by atoms with E-state index in [4.69, 9.17) is 16.3 Å². The zero-order valence-corrected chi connectivity index (χ0v) is 12.7. The predicted molar refractivity (Wildman–Crippen MR) is 88.2 cm³/mol. The van der Waals surface area contributed by atoms with Crippen LogP contribution in [0.4, 0.5) is 0 Å². The van der Waals surface area contributed by atoms with Crippen LogP contribution in [-0.4, -0.2) is 21.7 Å². The molecule has 0 spiro atoms. The van der Waals surface area contributed by atoms with E-state index >= 15 is 0 Å². The number of aliphatic hydroxyl groups excluding tert-OH is 1. The number of aromatic nitrogens is 2. The largest absolute Gasteiger partial charge is 0.507 e. The smallest absolute Gasteiger partial charge is 0.152 e. The standard InChI is InChI=1S/C17H12ClN3O2/c18-11-5-7-12(8-6-11)23-10-16(22)13(9-19)17-20-14-3-1-2-4-15(14)21-17/h1-8,22H,10H2,(H,20,21)/b16-13+. The van der Waals surface area contributed by atoms with E-state index in [0.717, 1.165) is 11.0 Å². The summed E-state index contributed by atoms with van der Waals surface area (Å²) in [7, 11) is 0. The Labute approximate surface area is 137 Å². The van der Waals surface area contributed by atoms with E-state index in [-0.39, 0.29) is 17.9 Å². The highest BCUT2D eigenvalue weighted by Gasteiger charge is 2.13. The summed E-state index contributed by atoms with van der Waals surface area (Å²) in [4.78, 5) is 7.31. The minimum absolute atomic E-state index is 0.0511. The van der Waals surface area contributed by atoms with Gasteiger partial charge in [-0.15, -0.1) is 0 Å². The molecule has 0 saturated carbocycles. The predicted octanol–water partition coefficient (Wildman–Crippen LogP) is 4.09. The summed E-state index contributed by atoms with van der Waals surface area (Å²) in [6.07, 6.45) is 0. The summed E-state index contributed by atoms with van der Waals surface area (Å²) in [5.41, 5.74) is 1.57. The molecule has 0 saturated heterocycles. The van der Waals surface area contributed by atoms with Gasteiger partial charge in [-0.05, 0) is 36.4 Å². The van der Waals surface area contributed by atoms with Crippen molar-refractivity contribution in [2.45, 2.75) is 0 Å². The Kier molecular flexibility index (Phi) is 4.18. The summed E-state index contributed by atoms with van der Waals surface area (Å²) in [6.45, 7) is -0.137. The highest BCUT2D eigenvalue weighted by molar-refractivity contribution is 6.30. The lowest BCUT2D eigenvalue weighted by atomic mass is 10.2. The highest BCUT2D eigenvalue weighted by atomic mass is 35.5. The molecule has 0 atom stereocenters. The average molecular weight is 326 g/mol. The number of aliphatic hydroxyl groups is 1. The van der Waals surface area contributed by atoms with Crippen LogP contribution in [0.25, 0.3) is 16.6 Å².